The zero-order valence-electron chi connectivity index (χ0n) is 12.4. The van der Waals surface area contributed by atoms with Gasteiger partial charge in [-0.05, 0) is 32.2 Å². The molecule has 1 saturated heterocycles. The molecule has 1 fully saturated rings. The first-order valence-electron chi connectivity index (χ1n) is 7.41. The molecule has 6 nitrogen and oxygen atoms in total. The fourth-order valence-corrected chi connectivity index (χ4v) is 3.38. The summed E-state index contributed by atoms with van der Waals surface area (Å²) < 4.78 is 36.4. The Balaban J connectivity index is 2.02. The van der Waals surface area contributed by atoms with E-state index in [1.807, 2.05) is 0 Å². The molecular formula is C13H28N2O4S. The SMILES string of the molecule is COCCOCCCNS(=O)(=O)CCC1CCCCN1. The lowest BCUT2D eigenvalue weighted by molar-refractivity contribution is 0.0699. The highest BCUT2D eigenvalue weighted by atomic mass is 32.2. The summed E-state index contributed by atoms with van der Waals surface area (Å²) in [5.74, 6) is 0.204. The molecule has 0 aromatic heterocycles. The molecule has 1 heterocycles. The van der Waals surface area contributed by atoms with Crippen molar-refractivity contribution in [2.45, 2.75) is 38.1 Å². The lowest BCUT2D eigenvalue weighted by atomic mass is 10.0. The molecule has 1 atom stereocenters. The molecule has 7 heteroatoms. The molecule has 0 saturated carbocycles. The fraction of sp³-hybridized carbons (Fsp3) is 1.00. The maximum Gasteiger partial charge on any atom is 0.211 e. The van der Waals surface area contributed by atoms with Crippen molar-refractivity contribution in [3.63, 3.8) is 0 Å². The van der Waals surface area contributed by atoms with Crippen molar-refractivity contribution in [2.75, 3.05) is 45.8 Å². The van der Waals surface area contributed by atoms with E-state index in [1.165, 1.54) is 12.8 Å². The predicted molar refractivity (Wildman–Crippen MR) is 79.4 cm³/mol. The molecule has 120 valence electrons. The second-order valence-electron chi connectivity index (χ2n) is 5.11. The molecule has 20 heavy (non-hydrogen) atoms. The number of hydrogen-bond donors (Lipinski definition) is 2. The Morgan fingerprint density at radius 3 is 2.80 bits per heavy atom. The summed E-state index contributed by atoms with van der Waals surface area (Å²) >= 11 is 0. The van der Waals surface area contributed by atoms with Crippen molar-refractivity contribution < 1.29 is 17.9 Å². The standard InChI is InChI=1S/C13H28N2O4S/c1-18-10-11-19-9-4-8-15-20(16,17)12-6-13-5-2-3-7-14-13/h13-15H,2-12H2,1H3. The van der Waals surface area contributed by atoms with Gasteiger partial charge >= 0.3 is 0 Å². The monoisotopic (exact) mass is 308 g/mol. The van der Waals surface area contributed by atoms with Gasteiger partial charge < -0.3 is 14.8 Å². The van der Waals surface area contributed by atoms with Crippen LogP contribution in [0.3, 0.4) is 0 Å². The molecule has 0 amide bonds. The Morgan fingerprint density at radius 1 is 1.25 bits per heavy atom. The summed E-state index contributed by atoms with van der Waals surface area (Å²) in [5, 5.41) is 3.36. The van der Waals surface area contributed by atoms with E-state index in [4.69, 9.17) is 9.47 Å². The molecule has 0 aromatic rings. The largest absolute Gasteiger partial charge is 0.382 e. The van der Waals surface area contributed by atoms with Crippen molar-refractivity contribution in [3.8, 4) is 0 Å². The van der Waals surface area contributed by atoms with Crippen LogP contribution in [0.25, 0.3) is 0 Å². The summed E-state index contributed by atoms with van der Waals surface area (Å²) in [5.41, 5.74) is 0. The molecule has 0 radical (unpaired) electrons. The van der Waals surface area contributed by atoms with Gasteiger partial charge in [0.25, 0.3) is 0 Å². The fourth-order valence-electron chi connectivity index (χ4n) is 2.19. The summed E-state index contributed by atoms with van der Waals surface area (Å²) in [6.07, 6.45) is 4.86. The average molecular weight is 308 g/mol. The summed E-state index contributed by atoms with van der Waals surface area (Å²) in [7, 11) is -1.52. The molecule has 2 N–H and O–H groups in total. The van der Waals surface area contributed by atoms with Crippen LogP contribution in [0.1, 0.15) is 32.1 Å². The van der Waals surface area contributed by atoms with E-state index >= 15 is 0 Å². The first-order chi connectivity index (χ1) is 9.64. The van der Waals surface area contributed by atoms with Crippen molar-refractivity contribution in [1.82, 2.24) is 10.0 Å². The molecular weight excluding hydrogens is 280 g/mol. The van der Waals surface area contributed by atoms with Crippen LogP contribution in [0.15, 0.2) is 0 Å². The Labute approximate surface area is 122 Å². The number of sulfonamides is 1. The Morgan fingerprint density at radius 2 is 2.10 bits per heavy atom. The minimum absolute atomic E-state index is 0.204. The van der Waals surface area contributed by atoms with E-state index in [1.54, 1.807) is 7.11 Å². The zero-order valence-corrected chi connectivity index (χ0v) is 13.2. The molecule has 1 aliphatic rings. The Hall–Kier alpha value is -0.210. The third kappa shape index (κ3) is 8.86. The van der Waals surface area contributed by atoms with E-state index in [-0.39, 0.29) is 5.75 Å². The molecule has 1 rings (SSSR count). The molecule has 0 spiro atoms. The first-order valence-corrected chi connectivity index (χ1v) is 9.06. The van der Waals surface area contributed by atoms with Gasteiger partial charge in [0, 0.05) is 26.3 Å². The van der Waals surface area contributed by atoms with E-state index in [0.717, 1.165) is 13.0 Å². The van der Waals surface area contributed by atoms with Crippen LogP contribution in [0.2, 0.25) is 0 Å². The lowest BCUT2D eigenvalue weighted by Crippen LogP contribution is -2.37. The number of nitrogens with one attached hydrogen (secondary N) is 2. The summed E-state index contributed by atoms with van der Waals surface area (Å²) in [4.78, 5) is 0. The zero-order chi connectivity index (χ0) is 14.7. The van der Waals surface area contributed by atoms with Gasteiger partial charge in [0.15, 0.2) is 0 Å². The Kier molecular flexibility index (Phi) is 9.37. The Bertz CT molecular complexity index is 329. The first kappa shape index (κ1) is 17.8. The van der Waals surface area contributed by atoms with Gasteiger partial charge in [-0.15, -0.1) is 0 Å². The van der Waals surface area contributed by atoms with E-state index in [2.05, 4.69) is 10.0 Å². The van der Waals surface area contributed by atoms with E-state index in [0.29, 0.717) is 45.2 Å². The molecule has 0 aliphatic carbocycles. The van der Waals surface area contributed by atoms with Crippen LogP contribution in [-0.4, -0.2) is 60.2 Å². The average Bonchev–Trinajstić information content (AvgIpc) is 2.45. The summed E-state index contributed by atoms with van der Waals surface area (Å²) in [6, 6.07) is 0.359. The molecule has 1 aliphatic heterocycles. The van der Waals surface area contributed by atoms with Crippen LogP contribution in [-0.2, 0) is 19.5 Å². The van der Waals surface area contributed by atoms with Crippen LogP contribution < -0.4 is 10.0 Å². The normalized spacial score (nSPS) is 20.1. The van der Waals surface area contributed by atoms with Gasteiger partial charge in [-0.25, -0.2) is 13.1 Å². The molecule has 1 unspecified atom stereocenters. The van der Waals surface area contributed by atoms with Crippen molar-refractivity contribution in [1.29, 1.82) is 0 Å². The number of ether oxygens (including phenoxy) is 2. The quantitative estimate of drug-likeness (QED) is 0.543. The van der Waals surface area contributed by atoms with Gasteiger partial charge in [0.05, 0.1) is 19.0 Å². The lowest BCUT2D eigenvalue weighted by Gasteiger charge is -2.23. The third-order valence-electron chi connectivity index (χ3n) is 3.37. The highest BCUT2D eigenvalue weighted by Crippen LogP contribution is 2.10. The topological polar surface area (TPSA) is 76.7 Å². The minimum atomic E-state index is -3.15. The summed E-state index contributed by atoms with van der Waals surface area (Å²) in [6.45, 7) is 3.12. The number of piperidine rings is 1. The van der Waals surface area contributed by atoms with Crippen molar-refractivity contribution >= 4 is 10.0 Å². The third-order valence-corrected chi connectivity index (χ3v) is 4.78. The highest BCUT2D eigenvalue weighted by molar-refractivity contribution is 7.89. The van der Waals surface area contributed by atoms with Crippen LogP contribution in [0.4, 0.5) is 0 Å². The van der Waals surface area contributed by atoms with Crippen LogP contribution in [0, 0.1) is 0 Å². The van der Waals surface area contributed by atoms with Crippen LogP contribution in [0.5, 0.6) is 0 Å². The van der Waals surface area contributed by atoms with Crippen molar-refractivity contribution in [3.05, 3.63) is 0 Å². The van der Waals surface area contributed by atoms with E-state index < -0.39 is 10.0 Å². The predicted octanol–water partition coefficient (Wildman–Crippen LogP) is 0.491. The number of methoxy groups -OCH3 is 1. The van der Waals surface area contributed by atoms with E-state index in [9.17, 15) is 8.42 Å². The molecule has 0 bridgehead atoms. The van der Waals surface area contributed by atoms with Gasteiger partial charge in [-0.1, -0.05) is 6.42 Å². The molecule has 0 aromatic carbocycles. The maximum atomic E-state index is 11.8. The highest BCUT2D eigenvalue weighted by Gasteiger charge is 2.16. The van der Waals surface area contributed by atoms with Crippen LogP contribution >= 0.6 is 0 Å². The van der Waals surface area contributed by atoms with Gasteiger partial charge in [-0.2, -0.15) is 0 Å². The maximum absolute atomic E-state index is 11.8. The second-order valence-corrected chi connectivity index (χ2v) is 7.03. The smallest absolute Gasteiger partial charge is 0.211 e. The number of rotatable bonds is 11. The number of hydrogen-bond acceptors (Lipinski definition) is 5. The van der Waals surface area contributed by atoms with Gasteiger partial charge in [-0.3, -0.25) is 0 Å². The van der Waals surface area contributed by atoms with Crippen molar-refractivity contribution in [2.24, 2.45) is 0 Å². The second kappa shape index (κ2) is 10.5. The van der Waals surface area contributed by atoms with Gasteiger partial charge in [0.2, 0.25) is 10.0 Å². The minimum Gasteiger partial charge on any atom is -0.382 e. The van der Waals surface area contributed by atoms with Gasteiger partial charge in [0.1, 0.15) is 0 Å².